The molecule has 1 N–H and O–H groups in total. The normalized spacial score (nSPS) is 16.2. The molecule has 2 unspecified atom stereocenters. The zero-order valence-electron chi connectivity index (χ0n) is 14.0. The van der Waals surface area contributed by atoms with Crippen molar-refractivity contribution in [3.8, 4) is 0 Å². The maximum atomic E-state index is 10.5. The van der Waals surface area contributed by atoms with Crippen LogP contribution in [-0.4, -0.2) is 18.0 Å². The lowest BCUT2D eigenvalue weighted by atomic mass is 9.72. The summed E-state index contributed by atoms with van der Waals surface area (Å²) in [6.07, 6.45) is 1.05. The van der Waals surface area contributed by atoms with Crippen molar-refractivity contribution in [2.45, 2.75) is 58.6 Å². The predicted molar refractivity (Wildman–Crippen MR) is 91.8 cm³/mol. The summed E-state index contributed by atoms with van der Waals surface area (Å²) in [7, 11) is 0. The standard InChI is InChI=1S/C18H30O2S/c1-13(2)12-18(5,14(3)4)17(19)20-11-10-15-6-8-16(21)9-7-15/h6-9,13-14,17,19,21H,10-12H2,1-5H3. The van der Waals surface area contributed by atoms with Crippen molar-refractivity contribution >= 4 is 12.6 Å². The maximum absolute atomic E-state index is 10.5. The van der Waals surface area contributed by atoms with Crippen LogP contribution in [-0.2, 0) is 11.2 Å². The second-order valence-corrected chi connectivity index (χ2v) is 7.41. The molecule has 0 aliphatic rings. The van der Waals surface area contributed by atoms with Gasteiger partial charge >= 0.3 is 0 Å². The van der Waals surface area contributed by atoms with E-state index in [1.165, 1.54) is 5.56 Å². The Morgan fingerprint density at radius 3 is 2.19 bits per heavy atom. The first-order chi connectivity index (χ1) is 9.75. The third-order valence-corrected chi connectivity index (χ3v) is 4.63. The van der Waals surface area contributed by atoms with E-state index < -0.39 is 6.29 Å². The molecule has 0 radical (unpaired) electrons. The number of aliphatic hydroxyl groups excluding tert-OH is 1. The molecule has 0 fully saturated rings. The fourth-order valence-electron chi connectivity index (χ4n) is 2.64. The molecular weight excluding hydrogens is 280 g/mol. The molecule has 0 aliphatic carbocycles. The van der Waals surface area contributed by atoms with Gasteiger partial charge in [0, 0.05) is 10.3 Å². The largest absolute Gasteiger partial charge is 0.367 e. The zero-order chi connectivity index (χ0) is 16.0. The lowest BCUT2D eigenvalue weighted by Crippen LogP contribution is -2.40. The summed E-state index contributed by atoms with van der Waals surface area (Å²) in [5, 5.41) is 10.5. The minimum atomic E-state index is -0.718. The van der Waals surface area contributed by atoms with Gasteiger partial charge in [-0.2, -0.15) is 0 Å². The highest BCUT2D eigenvalue weighted by Crippen LogP contribution is 2.38. The number of rotatable bonds is 8. The van der Waals surface area contributed by atoms with E-state index in [4.69, 9.17) is 4.74 Å². The summed E-state index contributed by atoms with van der Waals surface area (Å²) in [5.41, 5.74) is 0.999. The van der Waals surface area contributed by atoms with Crippen molar-refractivity contribution in [2.75, 3.05) is 6.61 Å². The van der Waals surface area contributed by atoms with Crippen LogP contribution < -0.4 is 0 Å². The molecule has 0 spiro atoms. The number of thiol groups is 1. The van der Waals surface area contributed by atoms with Gasteiger partial charge in [-0.3, -0.25) is 0 Å². The molecule has 0 saturated heterocycles. The molecule has 2 atom stereocenters. The Hall–Kier alpha value is -0.510. The Labute approximate surface area is 135 Å². The second-order valence-electron chi connectivity index (χ2n) is 6.90. The molecule has 0 aromatic heterocycles. The molecule has 0 amide bonds. The van der Waals surface area contributed by atoms with E-state index in [9.17, 15) is 5.11 Å². The summed E-state index contributed by atoms with van der Waals surface area (Å²) in [6, 6.07) is 8.05. The van der Waals surface area contributed by atoms with Gasteiger partial charge in [-0.1, -0.05) is 46.8 Å². The van der Waals surface area contributed by atoms with E-state index in [1.807, 2.05) is 24.3 Å². The van der Waals surface area contributed by atoms with Crippen LogP contribution in [0.4, 0.5) is 0 Å². The number of benzene rings is 1. The van der Waals surface area contributed by atoms with Crippen molar-refractivity contribution in [3.05, 3.63) is 29.8 Å². The van der Waals surface area contributed by atoms with Gasteiger partial charge in [0.05, 0.1) is 6.61 Å². The highest BCUT2D eigenvalue weighted by atomic mass is 32.1. The monoisotopic (exact) mass is 310 g/mol. The first-order valence-corrected chi connectivity index (χ1v) is 8.28. The Kier molecular flexibility index (Phi) is 7.25. The second kappa shape index (κ2) is 8.21. The fraction of sp³-hybridized carbons (Fsp3) is 0.667. The summed E-state index contributed by atoms with van der Waals surface area (Å²) in [6.45, 7) is 11.3. The van der Waals surface area contributed by atoms with Gasteiger partial charge in [0.25, 0.3) is 0 Å². The minimum Gasteiger partial charge on any atom is -0.367 e. The first-order valence-electron chi connectivity index (χ1n) is 7.83. The lowest BCUT2D eigenvalue weighted by Gasteiger charge is -2.39. The molecule has 3 heteroatoms. The Bertz CT molecular complexity index is 414. The lowest BCUT2D eigenvalue weighted by molar-refractivity contribution is -0.189. The SMILES string of the molecule is CC(C)CC(C)(C(C)C)C(O)OCCc1ccc(S)cc1. The minimum absolute atomic E-state index is 0.205. The van der Waals surface area contributed by atoms with Crippen LogP contribution in [0.25, 0.3) is 0 Å². The number of hydrogen-bond acceptors (Lipinski definition) is 3. The van der Waals surface area contributed by atoms with E-state index in [0.29, 0.717) is 18.4 Å². The Morgan fingerprint density at radius 2 is 1.71 bits per heavy atom. The van der Waals surface area contributed by atoms with Crippen LogP contribution in [0, 0.1) is 17.3 Å². The van der Waals surface area contributed by atoms with Gasteiger partial charge in [-0.05, 0) is 42.4 Å². The molecule has 0 bridgehead atoms. The van der Waals surface area contributed by atoms with Crippen molar-refractivity contribution in [2.24, 2.45) is 17.3 Å². The molecule has 1 rings (SSSR count). The van der Waals surface area contributed by atoms with Crippen LogP contribution in [0.5, 0.6) is 0 Å². The molecule has 0 aliphatic heterocycles. The van der Waals surface area contributed by atoms with Gasteiger partial charge < -0.3 is 9.84 Å². The van der Waals surface area contributed by atoms with E-state index >= 15 is 0 Å². The van der Waals surface area contributed by atoms with Crippen molar-refractivity contribution in [1.29, 1.82) is 0 Å². The van der Waals surface area contributed by atoms with E-state index in [-0.39, 0.29) is 5.41 Å². The summed E-state index contributed by atoms with van der Waals surface area (Å²) in [4.78, 5) is 0.962. The van der Waals surface area contributed by atoms with E-state index in [1.54, 1.807) is 0 Å². The first kappa shape index (κ1) is 18.5. The summed E-state index contributed by atoms with van der Waals surface area (Å²) in [5.74, 6) is 0.914. The third-order valence-electron chi connectivity index (χ3n) is 4.33. The number of ether oxygens (including phenoxy) is 1. The van der Waals surface area contributed by atoms with Gasteiger partial charge in [-0.15, -0.1) is 12.6 Å². The highest BCUT2D eigenvalue weighted by molar-refractivity contribution is 7.80. The van der Waals surface area contributed by atoms with Crippen LogP contribution in [0.2, 0.25) is 0 Å². The van der Waals surface area contributed by atoms with Gasteiger partial charge in [0.15, 0.2) is 6.29 Å². The van der Waals surface area contributed by atoms with Gasteiger partial charge in [0.2, 0.25) is 0 Å². The Balaban J connectivity index is 2.54. The van der Waals surface area contributed by atoms with Crippen LogP contribution >= 0.6 is 12.6 Å². The summed E-state index contributed by atoms with van der Waals surface area (Å²) < 4.78 is 5.74. The van der Waals surface area contributed by atoms with E-state index in [2.05, 4.69) is 47.2 Å². The van der Waals surface area contributed by atoms with Crippen molar-refractivity contribution in [3.63, 3.8) is 0 Å². The Morgan fingerprint density at radius 1 is 1.14 bits per heavy atom. The third kappa shape index (κ3) is 5.65. The average Bonchev–Trinajstić information content (AvgIpc) is 2.39. The molecule has 120 valence electrons. The highest BCUT2D eigenvalue weighted by Gasteiger charge is 2.37. The van der Waals surface area contributed by atoms with Gasteiger partial charge in [0.1, 0.15) is 0 Å². The average molecular weight is 311 g/mol. The van der Waals surface area contributed by atoms with Crippen LogP contribution in [0.3, 0.4) is 0 Å². The van der Waals surface area contributed by atoms with Gasteiger partial charge in [-0.25, -0.2) is 0 Å². The molecule has 21 heavy (non-hydrogen) atoms. The summed E-state index contributed by atoms with van der Waals surface area (Å²) >= 11 is 4.28. The molecule has 2 nitrogen and oxygen atoms in total. The predicted octanol–water partition coefficient (Wildman–Crippen LogP) is 4.56. The van der Waals surface area contributed by atoms with Crippen LogP contribution in [0.1, 0.15) is 46.6 Å². The molecule has 0 saturated carbocycles. The van der Waals surface area contributed by atoms with Crippen molar-refractivity contribution < 1.29 is 9.84 Å². The van der Waals surface area contributed by atoms with Crippen molar-refractivity contribution in [1.82, 2.24) is 0 Å². The fourth-order valence-corrected chi connectivity index (χ4v) is 2.79. The number of hydrogen-bond donors (Lipinski definition) is 2. The van der Waals surface area contributed by atoms with E-state index in [0.717, 1.165) is 17.7 Å². The maximum Gasteiger partial charge on any atom is 0.160 e. The zero-order valence-corrected chi connectivity index (χ0v) is 14.9. The smallest absolute Gasteiger partial charge is 0.160 e. The molecule has 1 aromatic rings. The quantitative estimate of drug-likeness (QED) is 0.544. The molecule has 1 aromatic carbocycles. The topological polar surface area (TPSA) is 29.5 Å². The molecule has 0 heterocycles. The molecular formula is C18H30O2S. The number of aliphatic hydroxyl groups is 1. The van der Waals surface area contributed by atoms with Crippen LogP contribution in [0.15, 0.2) is 29.2 Å².